The van der Waals surface area contributed by atoms with Gasteiger partial charge in [0.1, 0.15) is 0 Å². The second-order valence-corrected chi connectivity index (χ2v) is 4.26. The highest BCUT2D eigenvalue weighted by atomic mass is 16.5. The Hall–Kier alpha value is -1.61. The van der Waals surface area contributed by atoms with Gasteiger partial charge in [0.15, 0.2) is 5.78 Å². The number of nitrogens with zero attached hydrogens (tertiary/aromatic N) is 1. The van der Waals surface area contributed by atoms with Crippen LogP contribution in [0.4, 0.5) is 5.69 Å². The van der Waals surface area contributed by atoms with E-state index in [4.69, 9.17) is 4.74 Å². The highest BCUT2D eigenvalue weighted by molar-refractivity contribution is 6.08. The van der Waals surface area contributed by atoms with E-state index in [0.29, 0.717) is 11.1 Å². The Morgan fingerprint density at radius 1 is 1.24 bits per heavy atom. The van der Waals surface area contributed by atoms with E-state index in [2.05, 4.69) is 11.5 Å². The molecule has 1 saturated heterocycles. The molecule has 3 heteroatoms. The molecule has 0 N–H and O–H groups in total. The van der Waals surface area contributed by atoms with Gasteiger partial charge < -0.3 is 9.64 Å². The number of carbonyl (C=O) groups excluding carboxylic acids is 1. The molecule has 0 aliphatic carbocycles. The number of morpholine rings is 1. The molecule has 90 valence electrons. The Balaban J connectivity index is 2.12. The van der Waals surface area contributed by atoms with Crippen LogP contribution in [0.15, 0.2) is 36.4 Å². The minimum absolute atomic E-state index is 0.0125. The van der Waals surface area contributed by atoms with Crippen LogP contribution < -0.4 is 4.90 Å². The molecule has 0 amide bonds. The van der Waals surface area contributed by atoms with Crippen molar-refractivity contribution in [1.82, 2.24) is 0 Å². The van der Waals surface area contributed by atoms with Crippen LogP contribution in [0.5, 0.6) is 0 Å². The fourth-order valence-electron chi connectivity index (χ4n) is 1.89. The molecule has 0 unspecified atom stereocenters. The van der Waals surface area contributed by atoms with E-state index in [1.54, 1.807) is 6.92 Å². The normalized spacial score (nSPS) is 15.7. The van der Waals surface area contributed by atoms with Crippen molar-refractivity contribution >= 4 is 11.5 Å². The van der Waals surface area contributed by atoms with Gasteiger partial charge in [-0.3, -0.25) is 4.79 Å². The summed E-state index contributed by atoms with van der Waals surface area (Å²) in [5, 5.41) is 0. The fraction of sp³-hybridized carbons (Fsp3) is 0.357. The molecule has 1 fully saturated rings. The van der Waals surface area contributed by atoms with Gasteiger partial charge in [0.05, 0.1) is 13.2 Å². The molecule has 1 aliphatic heterocycles. The maximum atomic E-state index is 11.7. The number of ether oxygens (including phenoxy) is 1. The Morgan fingerprint density at radius 2 is 1.82 bits per heavy atom. The number of hydrogen-bond donors (Lipinski definition) is 0. The van der Waals surface area contributed by atoms with Gasteiger partial charge in [0.2, 0.25) is 0 Å². The average molecular weight is 231 g/mol. The first kappa shape index (κ1) is 11.9. The lowest BCUT2D eigenvalue weighted by atomic mass is 10.1. The van der Waals surface area contributed by atoms with Crippen LogP contribution in [0.25, 0.3) is 0 Å². The monoisotopic (exact) mass is 231 g/mol. The van der Waals surface area contributed by atoms with Crippen LogP contribution in [-0.2, 0) is 4.74 Å². The number of benzene rings is 1. The van der Waals surface area contributed by atoms with Gasteiger partial charge in [-0.2, -0.15) is 0 Å². The molecule has 0 saturated carbocycles. The fourth-order valence-corrected chi connectivity index (χ4v) is 1.89. The molecule has 2 rings (SSSR count). The van der Waals surface area contributed by atoms with Gasteiger partial charge >= 0.3 is 0 Å². The lowest BCUT2D eigenvalue weighted by Crippen LogP contribution is -2.36. The summed E-state index contributed by atoms with van der Waals surface area (Å²) in [5.41, 5.74) is 2.42. The van der Waals surface area contributed by atoms with Crippen molar-refractivity contribution in [3.05, 3.63) is 42.0 Å². The molecule has 1 heterocycles. The maximum absolute atomic E-state index is 11.7. The summed E-state index contributed by atoms with van der Waals surface area (Å²) in [4.78, 5) is 14.0. The van der Waals surface area contributed by atoms with E-state index in [-0.39, 0.29) is 5.78 Å². The number of Topliss-reactive ketones (excluding diaryl/α,β-unsaturated/α-hetero) is 1. The zero-order valence-corrected chi connectivity index (χ0v) is 10.1. The molecule has 0 bridgehead atoms. The molecule has 1 aromatic carbocycles. The third-order valence-corrected chi connectivity index (χ3v) is 2.89. The Morgan fingerprint density at radius 3 is 2.35 bits per heavy atom. The lowest BCUT2D eigenvalue weighted by Gasteiger charge is -2.28. The molecular weight excluding hydrogens is 214 g/mol. The zero-order chi connectivity index (χ0) is 12.3. The van der Waals surface area contributed by atoms with E-state index < -0.39 is 0 Å². The van der Waals surface area contributed by atoms with Crippen LogP contribution in [0.3, 0.4) is 0 Å². The van der Waals surface area contributed by atoms with E-state index in [9.17, 15) is 4.79 Å². The Bertz CT molecular complexity index is 416. The molecule has 1 aromatic rings. The maximum Gasteiger partial charge on any atom is 0.188 e. The second kappa shape index (κ2) is 5.15. The summed E-state index contributed by atoms with van der Waals surface area (Å²) in [6.07, 6.45) is 0. The SMILES string of the molecule is C=C(C)C(=O)c1ccc(N2CCOCC2)cc1. The summed E-state index contributed by atoms with van der Waals surface area (Å²) in [7, 11) is 0. The number of ketones is 1. The number of rotatable bonds is 3. The van der Waals surface area contributed by atoms with Crippen LogP contribution in [0.1, 0.15) is 17.3 Å². The topological polar surface area (TPSA) is 29.5 Å². The van der Waals surface area contributed by atoms with E-state index in [0.717, 1.165) is 32.0 Å². The quantitative estimate of drug-likeness (QED) is 0.590. The highest BCUT2D eigenvalue weighted by Gasteiger charge is 2.12. The summed E-state index contributed by atoms with van der Waals surface area (Å²) in [6.45, 7) is 8.76. The first-order valence-electron chi connectivity index (χ1n) is 5.81. The summed E-state index contributed by atoms with van der Waals surface area (Å²) < 4.78 is 5.31. The van der Waals surface area contributed by atoms with Crippen molar-refractivity contribution in [3.63, 3.8) is 0 Å². The predicted molar refractivity (Wildman–Crippen MR) is 68.6 cm³/mol. The average Bonchev–Trinajstić information content (AvgIpc) is 2.39. The van der Waals surface area contributed by atoms with Crippen molar-refractivity contribution in [2.45, 2.75) is 6.92 Å². The molecule has 0 spiro atoms. The number of carbonyl (C=O) groups is 1. The molecule has 3 nitrogen and oxygen atoms in total. The van der Waals surface area contributed by atoms with Crippen molar-refractivity contribution in [3.8, 4) is 0 Å². The lowest BCUT2D eigenvalue weighted by molar-refractivity contribution is 0.103. The minimum Gasteiger partial charge on any atom is -0.378 e. The summed E-state index contributed by atoms with van der Waals surface area (Å²) >= 11 is 0. The van der Waals surface area contributed by atoms with E-state index in [1.807, 2.05) is 24.3 Å². The standard InChI is InChI=1S/C14H17NO2/c1-11(2)14(16)12-3-5-13(6-4-12)15-7-9-17-10-8-15/h3-6H,1,7-10H2,2H3. The van der Waals surface area contributed by atoms with Gasteiger partial charge in [-0.05, 0) is 36.8 Å². The molecule has 1 aliphatic rings. The van der Waals surface area contributed by atoms with Gasteiger partial charge in [0.25, 0.3) is 0 Å². The largest absolute Gasteiger partial charge is 0.378 e. The first-order chi connectivity index (χ1) is 8.18. The van der Waals surface area contributed by atoms with Crippen LogP contribution in [-0.4, -0.2) is 32.1 Å². The Kier molecular flexibility index (Phi) is 3.59. The van der Waals surface area contributed by atoms with Gasteiger partial charge in [-0.15, -0.1) is 0 Å². The molecular formula is C14H17NO2. The first-order valence-corrected chi connectivity index (χ1v) is 5.81. The third kappa shape index (κ3) is 2.74. The molecule has 0 radical (unpaired) electrons. The van der Waals surface area contributed by atoms with Crippen molar-refractivity contribution in [2.75, 3.05) is 31.2 Å². The third-order valence-electron chi connectivity index (χ3n) is 2.89. The van der Waals surface area contributed by atoms with E-state index in [1.165, 1.54) is 0 Å². The van der Waals surface area contributed by atoms with Crippen LogP contribution >= 0.6 is 0 Å². The number of anilines is 1. The van der Waals surface area contributed by atoms with Gasteiger partial charge in [-0.1, -0.05) is 6.58 Å². The second-order valence-electron chi connectivity index (χ2n) is 4.26. The highest BCUT2D eigenvalue weighted by Crippen LogP contribution is 2.17. The van der Waals surface area contributed by atoms with Crippen LogP contribution in [0, 0.1) is 0 Å². The van der Waals surface area contributed by atoms with Gasteiger partial charge in [0, 0.05) is 24.3 Å². The van der Waals surface area contributed by atoms with Crippen LogP contribution in [0.2, 0.25) is 0 Å². The zero-order valence-electron chi connectivity index (χ0n) is 10.1. The number of hydrogen-bond acceptors (Lipinski definition) is 3. The van der Waals surface area contributed by atoms with E-state index >= 15 is 0 Å². The predicted octanol–water partition coefficient (Wildman–Crippen LogP) is 2.28. The molecule has 17 heavy (non-hydrogen) atoms. The Labute approximate surface area is 102 Å². The van der Waals surface area contributed by atoms with Crippen molar-refractivity contribution < 1.29 is 9.53 Å². The summed E-state index contributed by atoms with van der Waals surface area (Å²) in [5.74, 6) is 0.0125. The molecule has 0 atom stereocenters. The smallest absolute Gasteiger partial charge is 0.188 e. The number of allylic oxidation sites excluding steroid dienone is 1. The van der Waals surface area contributed by atoms with Crippen molar-refractivity contribution in [2.24, 2.45) is 0 Å². The summed E-state index contributed by atoms with van der Waals surface area (Å²) in [6, 6.07) is 7.70. The van der Waals surface area contributed by atoms with Gasteiger partial charge in [-0.25, -0.2) is 0 Å². The minimum atomic E-state index is 0.0125. The van der Waals surface area contributed by atoms with Crippen molar-refractivity contribution in [1.29, 1.82) is 0 Å². The molecule has 0 aromatic heterocycles.